The molecular formula is C12H15NO. The first kappa shape index (κ1) is 9.25. The van der Waals surface area contributed by atoms with Crippen LogP contribution in [0.25, 0.3) is 0 Å². The molecule has 0 radical (unpaired) electrons. The molecule has 1 saturated heterocycles. The molecule has 0 spiro atoms. The van der Waals surface area contributed by atoms with Gasteiger partial charge in [0, 0.05) is 18.9 Å². The van der Waals surface area contributed by atoms with E-state index in [4.69, 9.17) is 0 Å². The monoisotopic (exact) mass is 189 g/mol. The summed E-state index contributed by atoms with van der Waals surface area (Å²) < 4.78 is 0. The number of nitrogens with one attached hydrogen (secondary N) is 1. The Bertz CT molecular complexity index is 371. The van der Waals surface area contributed by atoms with Crippen LogP contribution in [0.15, 0.2) is 18.2 Å². The van der Waals surface area contributed by atoms with Crippen molar-refractivity contribution in [3.63, 3.8) is 0 Å². The molecule has 0 aromatic heterocycles. The Morgan fingerprint density at radius 1 is 1.36 bits per heavy atom. The lowest BCUT2D eigenvalue weighted by atomic mass is 9.92. The van der Waals surface area contributed by atoms with E-state index >= 15 is 0 Å². The minimum atomic E-state index is 0.177. The van der Waals surface area contributed by atoms with E-state index < -0.39 is 0 Å². The number of carbonyl (C=O) groups is 1. The van der Waals surface area contributed by atoms with Gasteiger partial charge in [-0.1, -0.05) is 18.2 Å². The van der Waals surface area contributed by atoms with Crippen LogP contribution in [0, 0.1) is 13.8 Å². The molecule has 0 saturated carbocycles. The molecule has 0 aliphatic carbocycles. The van der Waals surface area contributed by atoms with Crippen molar-refractivity contribution in [1.82, 2.24) is 5.32 Å². The second-order valence-corrected chi connectivity index (χ2v) is 3.99. The fraction of sp³-hybridized carbons (Fsp3) is 0.417. The van der Waals surface area contributed by atoms with Crippen LogP contribution >= 0.6 is 0 Å². The van der Waals surface area contributed by atoms with Gasteiger partial charge in [0.2, 0.25) is 5.91 Å². The number of amides is 1. The standard InChI is InChI=1S/C12H15NO/c1-8-4-3-5-11(9(8)2)10-6-12(14)13-7-10/h3-5,10H,6-7H2,1-2H3,(H,13,14). The molecule has 1 unspecified atom stereocenters. The van der Waals surface area contributed by atoms with Gasteiger partial charge < -0.3 is 5.32 Å². The highest BCUT2D eigenvalue weighted by Crippen LogP contribution is 2.27. The Balaban J connectivity index is 2.32. The average Bonchev–Trinajstić information content (AvgIpc) is 2.57. The summed E-state index contributed by atoms with van der Waals surface area (Å²) >= 11 is 0. The van der Waals surface area contributed by atoms with Gasteiger partial charge in [0.05, 0.1) is 0 Å². The summed E-state index contributed by atoms with van der Waals surface area (Å²) in [6.45, 7) is 5.04. The van der Waals surface area contributed by atoms with E-state index in [1.54, 1.807) is 0 Å². The summed E-state index contributed by atoms with van der Waals surface area (Å²) in [6, 6.07) is 6.32. The van der Waals surface area contributed by atoms with Gasteiger partial charge in [-0.3, -0.25) is 4.79 Å². The number of hydrogen-bond donors (Lipinski definition) is 1. The molecule has 74 valence electrons. The SMILES string of the molecule is Cc1cccc(C2CNC(=O)C2)c1C. The van der Waals surface area contributed by atoms with E-state index in [1.165, 1.54) is 16.7 Å². The predicted molar refractivity (Wildman–Crippen MR) is 56.3 cm³/mol. The summed E-state index contributed by atoms with van der Waals surface area (Å²) in [5.41, 5.74) is 3.96. The zero-order chi connectivity index (χ0) is 10.1. The summed E-state index contributed by atoms with van der Waals surface area (Å²) in [5, 5.41) is 2.88. The maximum atomic E-state index is 11.1. The zero-order valence-corrected chi connectivity index (χ0v) is 8.63. The van der Waals surface area contributed by atoms with Gasteiger partial charge in [0.1, 0.15) is 0 Å². The van der Waals surface area contributed by atoms with E-state index in [9.17, 15) is 4.79 Å². The van der Waals surface area contributed by atoms with E-state index in [2.05, 4.69) is 37.4 Å². The van der Waals surface area contributed by atoms with Crippen LogP contribution in [-0.4, -0.2) is 12.5 Å². The molecule has 2 rings (SSSR count). The summed E-state index contributed by atoms with van der Waals surface area (Å²) in [7, 11) is 0. The molecular weight excluding hydrogens is 174 g/mol. The smallest absolute Gasteiger partial charge is 0.220 e. The number of aryl methyl sites for hydroxylation is 1. The third-order valence-electron chi connectivity index (χ3n) is 3.06. The average molecular weight is 189 g/mol. The van der Waals surface area contributed by atoms with Crippen LogP contribution in [0.3, 0.4) is 0 Å². The van der Waals surface area contributed by atoms with Crippen LogP contribution < -0.4 is 5.32 Å². The van der Waals surface area contributed by atoms with Crippen molar-refractivity contribution in [2.45, 2.75) is 26.2 Å². The van der Waals surface area contributed by atoms with Crippen molar-refractivity contribution < 1.29 is 4.79 Å². The van der Waals surface area contributed by atoms with Gasteiger partial charge in [-0.2, -0.15) is 0 Å². The molecule has 2 nitrogen and oxygen atoms in total. The van der Waals surface area contributed by atoms with Crippen LogP contribution in [0.4, 0.5) is 0 Å². The highest BCUT2D eigenvalue weighted by Gasteiger charge is 2.24. The largest absolute Gasteiger partial charge is 0.355 e. The second kappa shape index (κ2) is 3.45. The molecule has 1 N–H and O–H groups in total. The van der Waals surface area contributed by atoms with Gasteiger partial charge in [0.15, 0.2) is 0 Å². The normalized spacial score (nSPS) is 21.0. The molecule has 1 aliphatic rings. The van der Waals surface area contributed by atoms with E-state index in [-0.39, 0.29) is 5.91 Å². The van der Waals surface area contributed by atoms with Gasteiger partial charge in [-0.25, -0.2) is 0 Å². The minimum Gasteiger partial charge on any atom is -0.355 e. The minimum absolute atomic E-state index is 0.177. The van der Waals surface area contributed by atoms with Crippen molar-refractivity contribution in [2.24, 2.45) is 0 Å². The second-order valence-electron chi connectivity index (χ2n) is 3.99. The van der Waals surface area contributed by atoms with Gasteiger partial charge >= 0.3 is 0 Å². The Labute approximate surface area is 84.3 Å². The van der Waals surface area contributed by atoms with Crippen LogP contribution in [0.2, 0.25) is 0 Å². The number of benzene rings is 1. The Kier molecular flexibility index (Phi) is 2.28. The van der Waals surface area contributed by atoms with Crippen molar-refractivity contribution in [3.8, 4) is 0 Å². The Morgan fingerprint density at radius 3 is 2.79 bits per heavy atom. The van der Waals surface area contributed by atoms with Gasteiger partial charge in [-0.15, -0.1) is 0 Å². The molecule has 1 fully saturated rings. The van der Waals surface area contributed by atoms with Crippen molar-refractivity contribution in [2.75, 3.05) is 6.54 Å². The first-order valence-corrected chi connectivity index (χ1v) is 5.01. The molecule has 0 bridgehead atoms. The lowest BCUT2D eigenvalue weighted by molar-refractivity contribution is -0.119. The maximum absolute atomic E-state index is 11.1. The molecule has 1 aromatic carbocycles. The lowest BCUT2D eigenvalue weighted by Crippen LogP contribution is -2.13. The molecule has 2 heteroatoms. The van der Waals surface area contributed by atoms with E-state index in [0.29, 0.717) is 12.3 Å². The molecule has 1 aromatic rings. The van der Waals surface area contributed by atoms with Crippen molar-refractivity contribution in [3.05, 3.63) is 34.9 Å². The fourth-order valence-corrected chi connectivity index (χ4v) is 2.04. The third kappa shape index (κ3) is 1.52. The first-order chi connectivity index (χ1) is 6.68. The summed E-state index contributed by atoms with van der Waals surface area (Å²) in [6.07, 6.45) is 0.643. The third-order valence-corrected chi connectivity index (χ3v) is 3.06. The summed E-state index contributed by atoms with van der Waals surface area (Å²) in [4.78, 5) is 11.1. The van der Waals surface area contributed by atoms with Crippen LogP contribution in [-0.2, 0) is 4.79 Å². The quantitative estimate of drug-likeness (QED) is 0.718. The molecule has 1 heterocycles. The van der Waals surface area contributed by atoms with Gasteiger partial charge in [-0.05, 0) is 30.5 Å². The molecule has 1 atom stereocenters. The Morgan fingerprint density at radius 2 is 2.14 bits per heavy atom. The van der Waals surface area contributed by atoms with Gasteiger partial charge in [0.25, 0.3) is 0 Å². The maximum Gasteiger partial charge on any atom is 0.220 e. The summed E-state index contributed by atoms with van der Waals surface area (Å²) in [5.74, 6) is 0.554. The number of carbonyl (C=O) groups excluding carboxylic acids is 1. The first-order valence-electron chi connectivity index (χ1n) is 5.01. The Hall–Kier alpha value is -1.31. The predicted octanol–water partition coefficient (Wildman–Crippen LogP) is 1.91. The van der Waals surface area contributed by atoms with Crippen molar-refractivity contribution in [1.29, 1.82) is 0 Å². The van der Waals surface area contributed by atoms with Crippen molar-refractivity contribution >= 4 is 5.91 Å². The van der Waals surface area contributed by atoms with E-state index in [0.717, 1.165) is 6.54 Å². The van der Waals surface area contributed by atoms with Crippen LogP contribution in [0.1, 0.15) is 29.0 Å². The number of hydrogen-bond acceptors (Lipinski definition) is 1. The molecule has 1 aliphatic heterocycles. The lowest BCUT2D eigenvalue weighted by Gasteiger charge is -2.12. The van der Waals surface area contributed by atoms with E-state index in [1.807, 2.05) is 0 Å². The topological polar surface area (TPSA) is 29.1 Å². The zero-order valence-electron chi connectivity index (χ0n) is 8.63. The number of rotatable bonds is 1. The fourth-order valence-electron chi connectivity index (χ4n) is 2.04. The molecule has 1 amide bonds. The highest BCUT2D eigenvalue weighted by molar-refractivity contribution is 5.79. The highest BCUT2D eigenvalue weighted by atomic mass is 16.1. The van der Waals surface area contributed by atoms with Crippen LogP contribution in [0.5, 0.6) is 0 Å². The molecule has 14 heavy (non-hydrogen) atoms.